The van der Waals surface area contributed by atoms with Gasteiger partial charge in [-0.3, -0.25) is 18.9 Å². The van der Waals surface area contributed by atoms with Crippen LogP contribution in [0.1, 0.15) is 67.4 Å². The van der Waals surface area contributed by atoms with Crippen LogP contribution in [0.2, 0.25) is 0 Å². The summed E-state index contributed by atoms with van der Waals surface area (Å²) in [7, 11) is -3.73. The Balaban J connectivity index is 1.23. The van der Waals surface area contributed by atoms with E-state index in [9.17, 15) is 18.9 Å². The second-order valence-electron chi connectivity index (χ2n) is 12.2. The van der Waals surface area contributed by atoms with Gasteiger partial charge in [-0.1, -0.05) is 86.6 Å². The standard InChI is InChI=1S/C36H47N6O8PS/c1-4-25(2)30(37)36(45)52-21-9-19-50-51(46,24-47-20-16-42-23-41-31-33(38)39-22-40-34(31)42)49-18-8-17-48-35(44)26(3)27-12-14-29(15-13-27)32(43)28-10-6-5-7-11-28/h5-7,10-15,22-23,25-26,30H,4,8-9,16-21,24,37H2,1-3H3,(H2,38,39,40)/t25-,26?,30-,51?/m0/s1. The molecular weight excluding hydrogens is 707 g/mol. The zero-order chi connectivity index (χ0) is 37.5. The minimum atomic E-state index is -3.73. The van der Waals surface area contributed by atoms with E-state index in [1.165, 1.54) is 6.33 Å². The minimum absolute atomic E-state index is 0.0159. The summed E-state index contributed by atoms with van der Waals surface area (Å²) in [6, 6.07) is 15.3. The van der Waals surface area contributed by atoms with Crippen molar-refractivity contribution < 1.29 is 37.5 Å². The molecule has 2 aromatic heterocycles. The topological polar surface area (TPSA) is 201 Å². The van der Waals surface area contributed by atoms with Crippen LogP contribution in [0.4, 0.5) is 5.82 Å². The summed E-state index contributed by atoms with van der Waals surface area (Å²) in [4.78, 5) is 50.2. The number of rotatable bonds is 22. The molecular formula is C36H47N6O8PS. The number of nitrogens with two attached hydrogens (primary N) is 2. The molecule has 4 aromatic rings. The second-order valence-corrected chi connectivity index (χ2v) is 15.3. The summed E-state index contributed by atoms with van der Waals surface area (Å²) < 4.78 is 38.0. The maximum Gasteiger partial charge on any atom is 0.356 e. The van der Waals surface area contributed by atoms with Crippen molar-refractivity contribution in [3.8, 4) is 0 Å². The molecule has 4 atom stereocenters. The van der Waals surface area contributed by atoms with Crippen molar-refractivity contribution in [2.45, 2.75) is 58.5 Å². The van der Waals surface area contributed by atoms with Crippen LogP contribution in [0.15, 0.2) is 67.3 Å². The number of thioether (sulfide) groups is 1. The van der Waals surface area contributed by atoms with Gasteiger partial charge in [0.2, 0.25) is 5.12 Å². The Bertz CT molecular complexity index is 1810. The molecule has 0 saturated carbocycles. The number of imidazole rings is 1. The summed E-state index contributed by atoms with van der Waals surface area (Å²) in [5.41, 5.74) is 14.7. The number of ketones is 1. The molecule has 16 heteroatoms. The number of aromatic nitrogens is 4. The lowest BCUT2D eigenvalue weighted by molar-refractivity contribution is -0.145. The van der Waals surface area contributed by atoms with E-state index < -0.39 is 25.5 Å². The van der Waals surface area contributed by atoms with Crippen LogP contribution in [0.5, 0.6) is 0 Å². The van der Waals surface area contributed by atoms with Gasteiger partial charge >= 0.3 is 13.6 Å². The lowest BCUT2D eigenvalue weighted by Crippen LogP contribution is -2.35. The van der Waals surface area contributed by atoms with Crippen molar-refractivity contribution >= 4 is 53.2 Å². The SMILES string of the molecule is CC[C@H](C)[C@H](N)C(=O)SCCCOP(=O)(COCCn1cnc2c(N)ncnc21)OCCCOC(=O)C(C)c1ccc(C(=O)c2ccccc2)cc1. The fourth-order valence-corrected chi connectivity index (χ4v) is 7.19. The third-order valence-corrected chi connectivity index (χ3v) is 11.1. The molecule has 52 heavy (non-hydrogen) atoms. The van der Waals surface area contributed by atoms with Gasteiger partial charge in [0, 0.05) is 29.8 Å². The number of ether oxygens (including phenoxy) is 2. The highest BCUT2D eigenvalue weighted by Gasteiger charge is 2.26. The molecule has 0 aliphatic carbocycles. The van der Waals surface area contributed by atoms with Gasteiger partial charge < -0.3 is 34.6 Å². The van der Waals surface area contributed by atoms with E-state index in [0.717, 1.165) is 18.2 Å². The maximum atomic E-state index is 13.7. The van der Waals surface area contributed by atoms with Gasteiger partial charge in [-0.2, -0.15) is 0 Å². The molecule has 0 aliphatic heterocycles. The lowest BCUT2D eigenvalue weighted by Gasteiger charge is -2.19. The number of nitrogen functional groups attached to an aromatic ring is 1. The Kier molecular flexibility index (Phi) is 15.9. The van der Waals surface area contributed by atoms with Crippen LogP contribution < -0.4 is 11.5 Å². The van der Waals surface area contributed by atoms with Gasteiger partial charge in [-0.05, 0) is 24.8 Å². The lowest BCUT2D eigenvalue weighted by atomic mass is 9.97. The van der Waals surface area contributed by atoms with Crippen LogP contribution in [0.3, 0.4) is 0 Å². The Morgan fingerprint density at radius 3 is 2.31 bits per heavy atom. The molecule has 4 rings (SSSR count). The predicted molar refractivity (Wildman–Crippen MR) is 200 cm³/mol. The number of esters is 1. The first-order valence-electron chi connectivity index (χ1n) is 17.2. The van der Waals surface area contributed by atoms with Gasteiger partial charge in [0.1, 0.15) is 18.2 Å². The molecule has 2 unspecified atom stereocenters. The number of fused-ring (bicyclic) bond motifs is 1. The summed E-state index contributed by atoms with van der Waals surface area (Å²) in [5, 5.41) is -0.0878. The van der Waals surface area contributed by atoms with Gasteiger partial charge in [0.15, 0.2) is 17.2 Å². The molecule has 14 nitrogen and oxygen atoms in total. The number of anilines is 1. The maximum absolute atomic E-state index is 13.7. The Labute approximate surface area is 307 Å². The number of hydrogen-bond donors (Lipinski definition) is 2. The molecule has 2 heterocycles. The van der Waals surface area contributed by atoms with Gasteiger partial charge in [-0.15, -0.1) is 0 Å². The van der Waals surface area contributed by atoms with E-state index in [-0.39, 0.29) is 61.8 Å². The van der Waals surface area contributed by atoms with E-state index >= 15 is 0 Å². The fraction of sp³-hybridized carbons (Fsp3) is 0.444. The average Bonchev–Trinajstić information content (AvgIpc) is 3.59. The largest absolute Gasteiger partial charge is 0.465 e. The van der Waals surface area contributed by atoms with Crippen LogP contribution in [-0.4, -0.2) is 81.0 Å². The molecule has 0 radical (unpaired) electrons. The Morgan fingerprint density at radius 1 is 0.904 bits per heavy atom. The zero-order valence-electron chi connectivity index (χ0n) is 29.7. The first-order valence-corrected chi connectivity index (χ1v) is 19.9. The van der Waals surface area contributed by atoms with Gasteiger partial charge in [0.05, 0.1) is 44.7 Å². The Morgan fingerprint density at radius 2 is 1.60 bits per heavy atom. The highest BCUT2D eigenvalue weighted by Crippen LogP contribution is 2.48. The van der Waals surface area contributed by atoms with E-state index in [1.54, 1.807) is 54.2 Å². The van der Waals surface area contributed by atoms with Crippen molar-refractivity contribution in [3.63, 3.8) is 0 Å². The van der Waals surface area contributed by atoms with E-state index in [4.69, 9.17) is 30.0 Å². The van der Waals surface area contributed by atoms with E-state index in [1.807, 2.05) is 32.0 Å². The number of nitrogens with zero attached hydrogens (tertiary/aromatic N) is 4. The first kappa shape index (κ1) is 40.8. The van der Waals surface area contributed by atoms with Crippen LogP contribution in [0, 0.1) is 5.92 Å². The van der Waals surface area contributed by atoms with E-state index in [0.29, 0.717) is 46.6 Å². The zero-order valence-corrected chi connectivity index (χ0v) is 31.4. The fourth-order valence-electron chi connectivity index (χ4n) is 4.91. The third-order valence-electron chi connectivity index (χ3n) is 8.39. The summed E-state index contributed by atoms with van der Waals surface area (Å²) in [5.74, 6) is -0.309. The molecule has 280 valence electrons. The monoisotopic (exact) mass is 754 g/mol. The quantitative estimate of drug-likeness (QED) is 0.0435. The summed E-state index contributed by atoms with van der Waals surface area (Å²) >= 11 is 1.13. The molecule has 4 N–H and O–H groups in total. The molecule has 0 spiro atoms. The number of carbonyl (C=O) groups excluding carboxylic acids is 3. The van der Waals surface area contributed by atoms with Crippen molar-refractivity contribution in [2.75, 3.05) is 44.3 Å². The van der Waals surface area contributed by atoms with Crippen molar-refractivity contribution in [1.82, 2.24) is 19.5 Å². The number of carbonyl (C=O) groups is 3. The minimum Gasteiger partial charge on any atom is -0.465 e. The summed E-state index contributed by atoms with van der Waals surface area (Å²) in [6.07, 6.45) is 4.11. The smallest absolute Gasteiger partial charge is 0.356 e. The van der Waals surface area contributed by atoms with Crippen LogP contribution >= 0.6 is 19.4 Å². The summed E-state index contributed by atoms with van der Waals surface area (Å²) in [6.45, 7) is 6.24. The molecule has 0 amide bonds. The molecule has 0 bridgehead atoms. The molecule has 2 aromatic carbocycles. The highest BCUT2D eigenvalue weighted by atomic mass is 32.2. The number of benzene rings is 2. The second kappa shape index (κ2) is 20.3. The normalized spacial score (nSPS) is 14.4. The van der Waals surface area contributed by atoms with E-state index in [2.05, 4.69) is 15.0 Å². The van der Waals surface area contributed by atoms with Crippen LogP contribution in [-0.2, 0) is 39.2 Å². The Hall–Kier alpha value is -3.98. The van der Waals surface area contributed by atoms with Crippen LogP contribution in [0.25, 0.3) is 11.2 Å². The molecule has 0 saturated heterocycles. The third kappa shape index (κ3) is 11.8. The average molecular weight is 755 g/mol. The molecule has 0 aliphatic rings. The van der Waals surface area contributed by atoms with Gasteiger partial charge in [-0.25, -0.2) is 15.0 Å². The molecule has 0 fully saturated rings. The van der Waals surface area contributed by atoms with Crippen molar-refractivity contribution in [2.24, 2.45) is 11.7 Å². The predicted octanol–water partition coefficient (Wildman–Crippen LogP) is 5.60. The van der Waals surface area contributed by atoms with Crippen molar-refractivity contribution in [1.29, 1.82) is 0 Å². The van der Waals surface area contributed by atoms with Gasteiger partial charge in [0.25, 0.3) is 0 Å². The first-order chi connectivity index (χ1) is 25.0. The number of hydrogen-bond acceptors (Lipinski definition) is 14. The van der Waals surface area contributed by atoms with Crippen molar-refractivity contribution in [3.05, 3.63) is 83.9 Å². The highest BCUT2D eigenvalue weighted by molar-refractivity contribution is 8.13.